The quantitative estimate of drug-likeness (QED) is 0.0778. The minimum absolute atomic E-state index is 0.0713. The van der Waals surface area contributed by atoms with E-state index in [1.807, 2.05) is 94.5 Å². The Morgan fingerprint density at radius 1 is 0.629 bits per heavy atom. The van der Waals surface area contributed by atoms with Crippen LogP contribution in [0.2, 0.25) is 0 Å². The number of likely N-dealkylation sites (tertiary alicyclic amines) is 2. The summed E-state index contributed by atoms with van der Waals surface area (Å²) >= 11 is 0. The van der Waals surface area contributed by atoms with Crippen molar-refractivity contribution >= 4 is 39.6 Å². The molecule has 2 fully saturated rings. The fourth-order valence-corrected chi connectivity index (χ4v) is 9.20. The van der Waals surface area contributed by atoms with Gasteiger partial charge in [-0.1, -0.05) is 36.4 Å². The van der Waals surface area contributed by atoms with Gasteiger partial charge in [0.05, 0.1) is 36.1 Å². The lowest BCUT2D eigenvalue weighted by Gasteiger charge is -2.38. The van der Waals surface area contributed by atoms with Crippen molar-refractivity contribution in [2.45, 2.75) is 50.0 Å². The van der Waals surface area contributed by atoms with E-state index >= 15 is 0 Å². The van der Waals surface area contributed by atoms with Gasteiger partial charge >= 0.3 is 0 Å². The Morgan fingerprint density at radius 2 is 1.14 bits per heavy atom. The van der Waals surface area contributed by atoms with E-state index in [1.54, 1.807) is 22.9 Å². The second kappa shape index (κ2) is 20.1. The van der Waals surface area contributed by atoms with E-state index in [4.69, 9.17) is 35.9 Å². The number of fused-ring (bicyclic) bond motifs is 2. The molecule has 4 aromatic carbocycles. The summed E-state index contributed by atoms with van der Waals surface area (Å²) in [6.45, 7) is 0.00581. The molecule has 2 unspecified atom stereocenters. The minimum atomic E-state index is -1.54. The molecular weight excluding hydrogens is 897 g/mol. The first-order chi connectivity index (χ1) is 34.2. The summed E-state index contributed by atoms with van der Waals surface area (Å²) in [6, 6.07) is 30.8. The van der Waals surface area contributed by atoms with Crippen LogP contribution in [0.5, 0.6) is 28.7 Å². The van der Waals surface area contributed by atoms with Crippen molar-refractivity contribution in [1.82, 2.24) is 49.3 Å². The van der Waals surface area contributed by atoms with E-state index in [0.29, 0.717) is 107 Å². The second-order valence-corrected chi connectivity index (χ2v) is 17.2. The molecule has 8 aromatic rings. The molecule has 2 aliphatic rings. The van der Waals surface area contributed by atoms with Crippen molar-refractivity contribution in [3.63, 3.8) is 0 Å². The van der Waals surface area contributed by atoms with Crippen molar-refractivity contribution in [3.05, 3.63) is 122 Å². The molecule has 4 atom stereocenters. The normalized spacial score (nSPS) is 17.5. The fraction of sp³-hybridized carbons (Fsp3) is 0.280. The van der Waals surface area contributed by atoms with Crippen LogP contribution in [0.1, 0.15) is 37.8 Å². The average molecular weight is 948 g/mol. The molecule has 2 aliphatic heterocycles. The maximum absolute atomic E-state index is 13.0. The summed E-state index contributed by atoms with van der Waals surface area (Å²) in [4.78, 5) is 34.3. The summed E-state index contributed by atoms with van der Waals surface area (Å²) in [5.74, 6) is 2.40. The number of nitrogens with two attached hydrogens (primary N) is 2. The largest absolute Gasteiger partial charge is 0.463 e. The van der Waals surface area contributed by atoms with Crippen molar-refractivity contribution in [2.75, 3.05) is 50.9 Å². The SMILES string of the molecule is Nc1ncnc2c1c(-c1ccc(Oc3ccccc3)cc1)nn2[C@@H]1CCCN([C](Oc2cc(Oc3ccccc3)ccc2-c2nn([C@@H]3CCCN(C(=O)C(O)CO)C3)c3ncnc(N)c23)C(O)CO)C1. The number of amides is 1. The summed E-state index contributed by atoms with van der Waals surface area (Å²) in [5, 5.41) is 53.2. The molecule has 2 saturated heterocycles. The van der Waals surface area contributed by atoms with Crippen molar-refractivity contribution in [2.24, 2.45) is 0 Å². The zero-order valence-corrected chi connectivity index (χ0v) is 37.9. The minimum Gasteiger partial charge on any atom is -0.463 e. The van der Waals surface area contributed by atoms with Gasteiger partial charge in [0.15, 0.2) is 17.4 Å². The van der Waals surface area contributed by atoms with Crippen LogP contribution in [0.25, 0.3) is 44.6 Å². The Morgan fingerprint density at radius 3 is 1.74 bits per heavy atom. The highest BCUT2D eigenvalue weighted by atomic mass is 16.5. The Bertz CT molecular complexity index is 3100. The van der Waals surface area contributed by atoms with E-state index < -0.39 is 31.3 Å². The maximum Gasteiger partial charge on any atom is 0.253 e. The number of anilines is 2. The number of aliphatic hydroxyl groups excluding tert-OH is 4. The van der Waals surface area contributed by atoms with Gasteiger partial charge in [-0.05, 0) is 86.3 Å². The lowest BCUT2D eigenvalue weighted by molar-refractivity contribution is -0.143. The lowest BCUT2D eigenvalue weighted by Crippen LogP contribution is -2.47. The molecule has 0 saturated carbocycles. The third-order valence-corrected chi connectivity index (χ3v) is 12.6. The Balaban J connectivity index is 1.000. The van der Waals surface area contributed by atoms with Crippen molar-refractivity contribution in [3.8, 4) is 51.3 Å². The number of ether oxygens (including phenoxy) is 3. The first-order valence-corrected chi connectivity index (χ1v) is 23.0. The van der Waals surface area contributed by atoms with E-state index in [2.05, 4.69) is 19.9 Å². The maximum atomic E-state index is 13.0. The molecule has 1 radical (unpaired) electrons. The van der Waals surface area contributed by atoms with Crippen LogP contribution in [0, 0.1) is 6.23 Å². The number of nitrogen functional groups attached to an aromatic ring is 2. The van der Waals surface area contributed by atoms with Gasteiger partial charge in [-0.15, -0.1) is 0 Å². The molecule has 0 spiro atoms. The second-order valence-electron chi connectivity index (χ2n) is 17.2. The lowest BCUT2D eigenvalue weighted by atomic mass is 10.0. The summed E-state index contributed by atoms with van der Waals surface area (Å²) in [5.41, 5.74) is 16.3. The standard InChI is InChI=1S/C50H51N12O8/c51-45-41-43(30-15-17-35(18-16-30)68-33-11-3-1-4-12-33)57-61(47(41)55-28-53-45)32-10-8-22-60(25-32)50(39(66)27-64)70-40-23-36(69-34-13-5-2-6-14-34)19-20-37(40)44-42-46(52)54-29-56-48(42)62(58-44)31-9-7-21-59(24-31)49(67)38(65)26-63/h1-6,11-20,23,28-29,31-32,38-39,63-66H,7-10,21-22,24-27H2,(H2,51,53,55)(H2,52,54,56)/t31-,32-,38?,39?/m1/s1. The highest BCUT2D eigenvalue weighted by Gasteiger charge is 2.37. The first kappa shape index (κ1) is 46.0. The highest BCUT2D eigenvalue weighted by molar-refractivity contribution is 6.00. The number of carbonyl (C=O) groups excluding carboxylic acids is 1. The number of piperidine rings is 2. The van der Waals surface area contributed by atoms with Gasteiger partial charge in [0, 0.05) is 43.4 Å². The van der Waals surface area contributed by atoms with Crippen molar-refractivity contribution in [1.29, 1.82) is 0 Å². The first-order valence-electron chi connectivity index (χ1n) is 23.0. The molecule has 1 amide bonds. The number of rotatable bonds is 15. The molecule has 20 heteroatoms. The van der Waals surface area contributed by atoms with Gasteiger partial charge in [0.1, 0.15) is 70.5 Å². The number of benzene rings is 4. The number of nitrogens with zero attached hydrogens (tertiary/aromatic N) is 10. The third-order valence-electron chi connectivity index (χ3n) is 12.6. The molecule has 0 aliphatic carbocycles. The van der Waals surface area contributed by atoms with E-state index in [1.165, 1.54) is 17.6 Å². The third kappa shape index (κ3) is 9.25. The predicted molar refractivity (Wildman–Crippen MR) is 258 cm³/mol. The van der Waals surface area contributed by atoms with E-state index in [-0.39, 0.29) is 42.2 Å². The van der Waals surface area contributed by atoms with Crippen LogP contribution in [0.15, 0.2) is 116 Å². The molecule has 10 rings (SSSR count). The Hall–Kier alpha value is -7.75. The van der Waals surface area contributed by atoms with Crippen molar-refractivity contribution < 1.29 is 39.4 Å². The number of aliphatic hydroxyl groups is 4. The number of hydrogen-bond donors (Lipinski definition) is 6. The number of hydrogen-bond acceptors (Lipinski definition) is 17. The van der Waals surface area contributed by atoms with Crippen LogP contribution in [-0.2, 0) is 4.79 Å². The van der Waals surface area contributed by atoms with Gasteiger partial charge in [-0.25, -0.2) is 29.3 Å². The Kier molecular flexibility index (Phi) is 13.2. The molecule has 4 aromatic heterocycles. The predicted octanol–water partition coefficient (Wildman–Crippen LogP) is 5.12. The number of carbonyl (C=O) groups is 1. The molecule has 359 valence electrons. The Labute approximate surface area is 401 Å². The molecule has 70 heavy (non-hydrogen) atoms. The smallest absolute Gasteiger partial charge is 0.253 e. The molecule has 0 bridgehead atoms. The van der Waals surface area contributed by atoms with Gasteiger partial charge in [0.25, 0.3) is 5.91 Å². The molecule has 8 N–H and O–H groups in total. The van der Waals surface area contributed by atoms with Gasteiger partial charge < -0.3 is 51.0 Å². The fourth-order valence-electron chi connectivity index (χ4n) is 9.20. The summed E-state index contributed by atoms with van der Waals surface area (Å²) in [6.07, 6.45) is 2.40. The van der Waals surface area contributed by atoms with E-state index in [9.17, 15) is 25.2 Å². The van der Waals surface area contributed by atoms with Crippen LogP contribution in [-0.4, -0.2) is 127 Å². The van der Waals surface area contributed by atoms with Gasteiger partial charge in [-0.3, -0.25) is 9.69 Å². The highest BCUT2D eigenvalue weighted by Crippen LogP contribution is 2.43. The van der Waals surface area contributed by atoms with Gasteiger partial charge in [0.2, 0.25) is 6.23 Å². The summed E-state index contributed by atoms with van der Waals surface area (Å²) in [7, 11) is 0. The van der Waals surface area contributed by atoms with Crippen LogP contribution in [0.3, 0.4) is 0 Å². The molecule has 6 heterocycles. The van der Waals surface area contributed by atoms with Gasteiger partial charge in [-0.2, -0.15) is 10.2 Å². The van der Waals surface area contributed by atoms with Crippen LogP contribution >= 0.6 is 0 Å². The zero-order chi connectivity index (χ0) is 48.3. The summed E-state index contributed by atoms with van der Waals surface area (Å²) < 4.78 is 22.7. The van der Waals surface area contributed by atoms with Crippen LogP contribution < -0.4 is 25.7 Å². The van der Waals surface area contributed by atoms with E-state index in [0.717, 1.165) is 5.56 Å². The number of aromatic nitrogens is 8. The number of para-hydroxylation sites is 2. The topological polar surface area (TPSA) is 271 Å². The molecular formula is C50H51N12O8. The monoisotopic (exact) mass is 947 g/mol. The van der Waals surface area contributed by atoms with Crippen LogP contribution in [0.4, 0.5) is 11.6 Å². The molecule has 20 nitrogen and oxygen atoms in total. The zero-order valence-electron chi connectivity index (χ0n) is 37.9. The average Bonchev–Trinajstić information content (AvgIpc) is 3.99.